The van der Waals surface area contributed by atoms with E-state index in [2.05, 4.69) is 9.97 Å². The molecule has 0 aliphatic rings. The first-order chi connectivity index (χ1) is 8.58. The van der Waals surface area contributed by atoms with Crippen molar-refractivity contribution in [3.63, 3.8) is 0 Å². The number of rotatable bonds is 3. The molecule has 0 amide bonds. The zero-order chi connectivity index (χ0) is 13.1. The monoisotopic (exact) mass is 250 g/mol. The van der Waals surface area contributed by atoms with Gasteiger partial charge >= 0.3 is 0 Å². The Balaban J connectivity index is 2.30. The number of hydrogen-bond donors (Lipinski definition) is 1. The first-order valence-electron chi connectivity index (χ1n) is 5.46. The van der Waals surface area contributed by atoms with Crippen LogP contribution in [0.2, 0.25) is 0 Å². The van der Waals surface area contributed by atoms with Crippen LogP contribution in [0.15, 0.2) is 24.3 Å². The molecule has 0 saturated heterocycles. The first-order valence-corrected chi connectivity index (χ1v) is 5.46. The summed E-state index contributed by atoms with van der Waals surface area (Å²) in [5.74, 6) is -0.826. The van der Waals surface area contributed by atoms with E-state index in [1.165, 1.54) is 12.1 Å². The highest BCUT2D eigenvalue weighted by Gasteiger charge is 2.08. The maximum absolute atomic E-state index is 13.5. The van der Waals surface area contributed by atoms with E-state index in [4.69, 9.17) is 5.11 Å². The average Bonchev–Trinajstić information content (AvgIpc) is 2.32. The molecule has 2 aromatic rings. The summed E-state index contributed by atoms with van der Waals surface area (Å²) in [6.45, 7) is 1.58. The highest BCUT2D eigenvalue weighted by Crippen LogP contribution is 2.13. The van der Waals surface area contributed by atoms with Gasteiger partial charge in [0.1, 0.15) is 17.5 Å². The summed E-state index contributed by atoms with van der Waals surface area (Å²) < 4.78 is 26.2. The molecule has 0 aliphatic heterocycles. The summed E-state index contributed by atoms with van der Waals surface area (Å²) in [4.78, 5) is 8.25. The van der Waals surface area contributed by atoms with Gasteiger partial charge in [-0.05, 0) is 24.6 Å². The minimum absolute atomic E-state index is 0.167. The number of halogens is 2. The van der Waals surface area contributed by atoms with Crippen molar-refractivity contribution in [1.29, 1.82) is 0 Å². The summed E-state index contributed by atoms with van der Waals surface area (Å²) in [6.07, 6.45) is 0.167. The van der Waals surface area contributed by atoms with Crippen LogP contribution in [-0.2, 0) is 13.0 Å². The fraction of sp³-hybridized carbons (Fsp3) is 0.231. The third-order valence-electron chi connectivity index (χ3n) is 2.48. The fourth-order valence-electron chi connectivity index (χ4n) is 1.70. The van der Waals surface area contributed by atoms with E-state index in [9.17, 15) is 8.78 Å². The maximum Gasteiger partial charge on any atom is 0.133 e. The van der Waals surface area contributed by atoms with Crippen molar-refractivity contribution in [2.45, 2.75) is 20.0 Å². The molecule has 2 rings (SSSR count). The van der Waals surface area contributed by atoms with Crippen molar-refractivity contribution in [1.82, 2.24) is 9.97 Å². The second-order valence-electron chi connectivity index (χ2n) is 3.99. The quantitative estimate of drug-likeness (QED) is 0.907. The zero-order valence-corrected chi connectivity index (χ0v) is 9.82. The molecule has 0 saturated carbocycles. The summed E-state index contributed by atoms with van der Waals surface area (Å²) in [6, 6.07) is 5.05. The zero-order valence-electron chi connectivity index (χ0n) is 9.82. The number of aryl methyl sites for hydroxylation is 1. The number of aliphatic hydroxyl groups is 1. The van der Waals surface area contributed by atoms with Crippen molar-refractivity contribution < 1.29 is 13.9 Å². The number of benzene rings is 1. The molecule has 0 aliphatic carbocycles. The van der Waals surface area contributed by atoms with Crippen LogP contribution in [0.3, 0.4) is 0 Å². The molecule has 0 spiro atoms. The second kappa shape index (κ2) is 5.18. The summed E-state index contributed by atoms with van der Waals surface area (Å²) >= 11 is 0. The highest BCUT2D eigenvalue weighted by atomic mass is 19.1. The van der Waals surface area contributed by atoms with Crippen molar-refractivity contribution >= 4 is 0 Å². The van der Waals surface area contributed by atoms with E-state index in [1.54, 1.807) is 13.0 Å². The third kappa shape index (κ3) is 2.87. The molecule has 5 heteroatoms. The van der Waals surface area contributed by atoms with Gasteiger partial charge in [-0.2, -0.15) is 0 Å². The Morgan fingerprint density at radius 1 is 1.17 bits per heavy atom. The minimum Gasteiger partial charge on any atom is -0.390 e. The Labute approximate surface area is 103 Å². The van der Waals surface area contributed by atoms with Crippen molar-refractivity contribution in [3.8, 4) is 0 Å². The average molecular weight is 250 g/mol. The Morgan fingerprint density at radius 2 is 1.94 bits per heavy atom. The van der Waals surface area contributed by atoms with Gasteiger partial charge in [-0.15, -0.1) is 0 Å². The second-order valence-corrected chi connectivity index (χ2v) is 3.99. The van der Waals surface area contributed by atoms with Gasteiger partial charge in [0.15, 0.2) is 0 Å². The van der Waals surface area contributed by atoms with Crippen molar-refractivity contribution in [2.24, 2.45) is 0 Å². The topological polar surface area (TPSA) is 46.0 Å². The number of nitrogens with zero attached hydrogens (tertiary/aromatic N) is 2. The predicted molar refractivity (Wildman–Crippen MR) is 61.9 cm³/mol. The smallest absolute Gasteiger partial charge is 0.133 e. The Kier molecular flexibility index (Phi) is 3.62. The predicted octanol–water partition coefficient (Wildman–Crippen LogP) is 2.15. The lowest BCUT2D eigenvalue weighted by Crippen LogP contribution is -2.04. The van der Waals surface area contributed by atoms with Crippen LogP contribution in [0.25, 0.3) is 0 Å². The van der Waals surface area contributed by atoms with E-state index < -0.39 is 11.6 Å². The van der Waals surface area contributed by atoms with Crippen molar-refractivity contribution in [2.75, 3.05) is 0 Å². The fourth-order valence-corrected chi connectivity index (χ4v) is 1.70. The Hall–Kier alpha value is -1.88. The van der Waals surface area contributed by atoms with Gasteiger partial charge in [-0.25, -0.2) is 18.7 Å². The molecular formula is C13H12F2N2O. The molecule has 94 valence electrons. The summed E-state index contributed by atoms with van der Waals surface area (Å²) in [7, 11) is 0. The molecule has 1 heterocycles. The largest absolute Gasteiger partial charge is 0.390 e. The van der Waals surface area contributed by atoms with Gasteiger partial charge in [0, 0.05) is 18.2 Å². The molecule has 3 nitrogen and oxygen atoms in total. The van der Waals surface area contributed by atoms with Gasteiger partial charge < -0.3 is 5.11 Å². The van der Waals surface area contributed by atoms with E-state index in [0.29, 0.717) is 22.8 Å². The number of aromatic nitrogens is 2. The molecule has 0 atom stereocenters. The van der Waals surface area contributed by atoms with Crippen molar-refractivity contribution in [3.05, 3.63) is 58.7 Å². The molecule has 0 fully saturated rings. The molecule has 1 aromatic heterocycles. The van der Waals surface area contributed by atoms with Crippen LogP contribution in [0.1, 0.15) is 22.8 Å². The Morgan fingerprint density at radius 3 is 2.61 bits per heavy atom. The molecule has 18 heavy (non-hydrogen) atoms. The minimum atomic E-state index is -0.620. The molecule has 0 unspecified atom stereocenters. The molecule has 1 aromatic carbocycles. The van der Waals surface area contributed by atoms with E-state index in [0.717, 1.165) is 6.07 Å². The van der Waals surface area contributed by atoms with Gasteiger partial charge in [0.05, 0.1) is 12.3 Å². The Bertz CT molecular complexity index is 573. The summed E-state index contributed by atoms with van der Waals surface area (Å²) in [5.41, 5.74) is 1.51. The van der Waals surface area contributed by atoms with Crippen LogP contribution in [0.5, 0.6) is 0 Å². The van der Waals surface area contributed by atoms with Crippen LogP contribution >= 0.6 is 0 Å². The van der Waals surface area contributed by atoms with Gasteiger partial charge in [0.25, 0.3) is 0 Å². The third-order valence-corrected chi connectivity index (χ3v) is 2.48. The standard InChI is InChI=1S/C13H12F2N2O/c1-8-4-11(7-18)17-13(16-8)5-9-2-3-10(14)6-12(9)15/h2-4,6,18H,5,7H2,1H3. The molecule has 1 N–H and O–H groups in total. The first kappa shape index (κ1) is 12.6. The SMILES string of the molecule is Cc1cc(CO)nc(Cc2ccc(F)cc2F)n1. The van der Waals surface area contributed by atoms with Crippen LogP contribution in [0.4, 0.5) is 8.78 Å². The normalized spacial score (nSPS) is 10.7. The van der Waals surface area contributed by atoms with Gasteiger partial charge in [0.2, 0.25) is 0 Å². The van der Waals surface area contributed by atoms with Crippen LogP contribution in [-0.4, -0.2) is 15.1 Å². The number of hydrogen-bond acceptors (Lipinski definition) is 3. The van der Waals surface area contributed by atoms with Gasteiger partial charge in [-0.3, -0.25) is 0 Å². The number of aliphatic hydroxyl groups excluding tert-OH is 1. The van der Waals surface area contributed by atoms with Gasteiger partial charge in [-0.1, -0.05) is 6.07 Å². The van der Waals surface area contributed by atoms with Crippen LogP contribution < -0.4 is 0 Å². The molecule has 0 radical (unpaired) electrons. The van der Waals surface area contributed by atoms with E-state index >= 15 is 0 Å². The molecule has 0 bridgehead atoms. The summed E-state index contributed by atoms with van der Waals surface area (Å²) in [5, 5.41) is 9.03. The lowest BCUT2D eigenvalue weighted by molar-refractivity contribution is 0.276. The maximum atomic E-state index is 13.5. The molecular weight excluding hydrogens is 238 g/mol. The van der Waals surface area contributed by atoms with E-state index in [1.807, 2.05) is 0 Å². The lowest BCUT2D eigenvalue weighted by Gasteiger charge is -2.05. The van der Waals surface area contributed by atoms with E-state index in [-0.39, 0.29) is 13.0 Å². The highest BCUT2D eigenvalue weighted by molar-refractivity contribution is 5.23. The lowest BCUT2D eigenvalue weighted by atomic mass is 10.1. The van der Waals surface area contributed by atoms with Crippen LogP contribution in [0, 0.1) is 18.6 Å².